The third-order valence-electron chi connectivity index (χ3n) is 2.77. The van der Waals surface area contributed by atoms with Gasteiger partial charge in [0.05, 0.1) is 6.54 Å². The van der Waals surface area contributed by atoms with Crippen LogP contribution in [0.15, 0.2) is 30.1 Å². The molecular weight excluding hydrogens is 224 g/mol. The van der Waals surface area contributed by atoms with Crippen molar-refractivity contribution in [1.29, 1.82) is 0 Å². The Bertz CT molecular complexity index is 494. The number of hydrogen-bond acceptors (Lipinski definition) is 1. The lowest BCUT2D eigenvalue weighted by Crippen LogP contribution is -2.25. The first-order chi connectivity index (χ1) is 7.99. The first-order valence-electron chi connectivity index (χ1n) is 5.46. The van der Waals surface area contributed by atoms with Crippen molar-refractivity contribution < 1.29 is 13.6 Å². The van der Waals surface area contributed by atoms with E-state index in [0.717, 1.165) is 6.08 Å². The Morgan fingerprint density at radius 1 is 1.29 bits per heavy atom. The van der Waals surface area contributed by atoms with Crippen LogP contribution in [0.1, 0.15) is 25.3 Å². The fraction of sp³-hybridized carbons (Fsp3) is 0.308. The number of benzene rings is 1. The summed E-state index contributed by atoms with van der Waals surface area (Å²) in [5.41, 5.74) is 0.981. The summed E-state index contributed by atoms with van der Waals surface area (Å²) in [6, 6.07) is 4.56. The normalized spacial score (nSPS) is 15.7. The molecule has 1 heterocycles. The molecule has 0 atom stereocenters. The molecule has 1 aromatic rings. The van der Waals surface area contributed by atoms with Gasteiger partial charge in [-0.15, -0.1) is 0 Å². The molecule has 0 bridgehead atoms. The topological polar surface area (TPSA) is 20.3 Å². The fourth-order valence-electron chi connectivity index (χ4n) is 1.86. The maximum Gasteiger partial charge on any atom is 0.254 e. The third-order valence-corrected chi connectivity index (χ3v) is 2.77. The van der Waals surface area contributed by atoms with Gasteiger partial charge in [-0.1, -0.05) is 19.9 Å². The highest BCUT2D eigenvalue weighted by atomic mass is 19.1. The quantitative estimate of drug-likeness (QED) is 0.773. The summed E-state index contributed by atoms with van der Waals surface area (Å²) < 4.78 is 26.7. The number of hydrogen-bond donors (Lipinski definition) is 0. The number of amides is 1. The molecule has 1 amide bonds. The highest BCUT2D eigenvalue weighted by molar-refractivity contribution is 6.04. The van der Waals surface area contributed by atoms with Crippen molar-refractivity contribution in [2.75, 3.05) is 11.4 Å². The zero-order valence-corrected chi connectivity index (χ0v) is 9.71. The Hall–Kier alpha value is -1.71. The lowest BCUT2D eigenvalue weighted by molar-refractivity contribution is -0.113. The molecule has 0 aromatic heterocycles. The van der Waals surface area contributed by atoms with Crippen LogP contribution in [-0.2, 0) is 4.79 Å². The van der Waals surface area contributed by atoms with E-state index in [9.17, 15) is 13.6 Å². The van der Waals surface area contributed by atoms with Gasteiger partial charge in [-0.2, -0.15) is 0 Å². The molecule has 0 fully saturated rings. The number of anilines is 1. The second-order valence-electron chi connectivity index (χ2n) is 4.38. The number of carbonyl (C=O) groups is 1. The summed E-state index contributed by atoms with van der Waals surface area (Å²) in [5, 5.41) is 0. The summed E-state index contributed by atoms with van der Waals surface area (Å²) in [6.07, 6.45) is 0.925. The molecule has 4 heteroatoms. The Morgan fingerprint density at radius 2 is 2.00 bits per heavy atom. The summed E-state index contributed by atoms with van der Waals surface area (Å²) >= 11 is 0. The van der Waals surface area contributed by atoms with Crippen LogP contribution in [-0.4, -0.2) is 12.5 Å². The molecule has 0 aliphatic carbocycles. The zero-order valence-electron chi connectivity index (χ0n) is 9.71. The summed E-state index contributed by atoms with van der Waals surface area (Å²) in [4.78, 5) is 12.6. The van der Waals surface area contributed by atoms with Gasteiger partial charge in [0.1, 0.15) is 11.6 Å². The molecule has 2 rings (SSSR count). The predicted octanol–water partition coefficient (Wildman–Crippen LogP) is 3.15. The molecule has 0 saturated carbocycles. The minimum Gasteiger partial charge on any atom is -0.302 e. The molecular formula is C13H13F2NO. The standard InChI is InChI=1S/C13H13F2NO/c1-8(2)11-4-3-10(6-12(11)15)16-7-9(14)5-13(16)17/h3-6,8H,7H2,1-2H3. The van der Waals surface area contributed by atoms with Crippen LogP contribution >= 0.6 is 0 Å². The Labute approximate surface area is 98.5 Å². The van der Waals surface area contributed by atoms with Gasteiger partial charge in [-0.05, 0) is 23.6 Å². The summed E-state index contributed by atoms with van der Waals surface area (Å²) in [6.45, 7) is 3.67. The SMILES string of the molecule is CC(C)c1ccc(N2CC(F)=CC2=O)cc1F. The van der Waals surface area contributed by atoms with Crippen molar-refractivity contribution in [1.82, 2.24) is 0 Å². The number of nitrogens with zero attached hydrogens (tertiary/aromatic N) is 1. The first-order valence-corrected chi connectivity index (χ1v) is 5.46. The molecule has 0 saturated heterocycles. The average Bonchev–Trinajstić information content (AvgIpc) is 2.57. The maximum absolute atomic E-state index is 13.7. The maximum atomic E-state index is 13.7. The molecule has 1 aromatic carbocycles. The van der Waals surface area contributed by atoms with Crippen molar-refractivity contribution in [3.8, 4) is 0 Å². The van der Waals surface area contributed by atoms with Crippen LogP contribution in [0, 0.1) is 5.82 Å². The molecule has 2 nitrogen and oxygen atoms in total. The monoisotopic (exact) mass is 237 g/mol. The molecule has 0 N–H and O–H groups in total. The first kappa shape index (κ1) is 11.8. The van der Waals surface area contributed by atoms with Gasteiger partial charge in [0.15, 0.2) is 0 Å². The van der Waals surface area contributed by atoms with E-state index >= 15 is 0 Å². The minimum atomic E-state index is -0.497. The van der Waals surface area contributed by atoms with E-state index in [1.54, 1.807) is 12.1 Å². The van der Waals surface area contributed by atoms with E-state index in [4.69, 9.17) is 0 Å². The van der Waals surface area contributed by atoms with Crippen molar-refractivity contribution in [2.24, 2.45) is 0 Å². The van der Waals surface area contributed by atoms with Crippen LogP contribution in [0.5, 0.6) is 0 Å². The lowest BCUT2D eigenvalue weighted by Gasteiger charge is -2.17. The van der Waals surface area contributed by atoms with E-state index in [1.165, 1.54) is 11.0 Å². The van der Waals surface area contributed by atoms with Gasteiger partial charge in [-0.3, -0.25) is 4.79 Å². The smallest absolute Gasteiger partial charge is 0.254 e. The van der Waals surface area contributed by atoms with E-state index in [0.29, 0.717) is 11.3 Å². The largest absolute Gasteiger partial charge is 0.302 e. The van der Waals surface area contributed by atoms with Crippen LogP contribution in [0.4, 0.5) is 14.5 Å². The van der Waals surface area contributed by atoms with Crippen molar-refractivity contribution in [3.05, 3.63) is 41.5 Å². The van der Waals surface area contributed by atoms with Crippen molar-refractivity contribution in [2.45, 2.75) is 19.8 Å². The average molecular weight is 237 g/mol. The second-order valence-corrected chi connectivity index (χ2v) is 4.38. The fourth-order valence-corrected chi connectivity index (χ4v) is 1.86. The van der Waals surface area contributed by atoms with E-state index in [2.05, 4.69) is 0 Å². The number of rotatable bonds is 2. The van der Waals surface area contributed by atoms with Gasteiger partial charge in [0, 0.05) is 11.8 Å². The third kappa shape index (κ3) is 2.20. The molecule has 90 valence electrons. The molecule has 0 radical (unpaired) electrons. The van der Waals surface area contributed by atoms with Crippen molar-refractivity contribution >= 4 is 11.6 Å². The summed E-state index contributed by atoms with van der Waals surface area (Å²) in [7, 11) is 0. The van der Waals surface area contributed by atoms with Crippen molar-refractivity contribution in [3.63, 3.8) is 0 Å². The van der Waals surface area contributed by atoms with Crippen LogP contribution in [0.25, 0.3) is 0 Å². The van der Waals surface area contributed by atoms with E-state index in [-0.39, 0.29) is 18.3 Å². The minimum absolute atomic E-state index is 0.0770. The predicted molar refractivity (Wildman–Crippen MR) is 62.0 cm³/mol. The van der Waals surface area contributed by atoms with Crippen LogP contribution in [0.3, 0.4) is 0 Å². The van der Waals surface area contributed by atoms with Crippen LogP contribution < -0.4 is 4.90 Å². The van der Waals surface area contributed by atoms with Gasteiger partial charge in [-0.25, -0.2) is 8.78 Å². The van der Waals surface area contributed by atoms with Crippen LogP contribution in [0.2, 0.25) is 0 Å². The van der Waals surface area contributed by atoms with E-state index < -0.39 is 11.7 Å². The second kappa shape index (κ2) is 4.28. The molecule has 17 heavy (non-hydrogen) atoms. The Morgan fingerprint density at radius 3 is 2.47 bits per heavy atom. The Kier molecular flexibility index (Phi) is 2.96. The highest BCUT2D eigenvalue weighted by Gasteiger charge is 2.23. The molecule has 0 spiro atoms. The summed E-state index contributed by atoms with van der Waals surface area (Å²) in [5.74, 6) is -1.23. The van der Waals surface area contributed by atoms with Gasteiger partial charge in [0.25, 0.3) is 5.91 Å². The van der Waals surface area contributed by atoms with Gasteiger partial charge in [0.2, 0.25) is 0 Å². The molecule has 1 aliphatic rings. The lowest BCUT2D eigenvalue weighted by atomic mass is 10.0. The highest BCUT2D eigenvalue weighted by Crippen LogP contribution is 2.26. The Balaban J connectivity index is 2.30. The molecule has 0 unspecified atom stereocenters. The number of halogens is 2. The van der Waals surface area contributed by atoms with Gasteiger partial charge < -0.3 is 4.90 Å². The van der Waals surface area contributed by atoms with Gasteiger partial charge >= 0.3 is 0 Å². The number of carbonyl (C=O) groups excluding carboxylic acids is 1. The van der Waals surface area contributed by atoms with E-state index in [1.807, 2.05) is 13.8 Å². The zero-order chi connectivity index (χ0) is 12.6. The molecule has 1 aliphatic heterocycles.